The van der Waals surface area contributed by atoms with Crippen LogP contribution in [0.4, 0.5) is 0 Å². The Balaban J connectivity index is 2.40. The van der Waals surface area contributed by atoms with Crippen LogP contribution in [-0.4, -0.2) is 64.5 Å². The molecule has 0 aromatic carbocycles. The maximum atomic E-state index is 12.0. The normalized spacial score (nSPS) is 22.8. The minimum absolute atomic E-state index is 0.0171. The van der Waals surface area contributed by atoms with Crippen molar-refractivity contribution in [2.45, 2.75) is 18.9 Å². The number of nitrogens with zero attached hydrogens (tertiary/aromatic N) is 1. The van der Waals surface area contributed by atoms with Crippen LogP contribution in [0.5, 0.6) is 0 Å². The molecule has 0 radical (unpaired) electrons. The van der Waals surface area contributed by atoms with Gasteiger partial charge in [-0.2, -0.15) is 4.31 Å². The second-order valence-electron chi connectivity index (χ2n) is 4.08. The fourth-order valence-electron chi connectivity index (χ4n) is 1.83. The van der Waals surface area contributed by atoms with Crippen LogP contribution in [-0.2, 0) is 19.5 Å². The van der Waals surface area contributed by atoms with E-state index in [-0.39, 0.29) is 18.5 Å². The average molecular weight is 266 g/mol. The summed E-state index contributed by atoms with van der Waals surface area (Å²) in [5, 5.41) is 0. The Kier molecular flexibility index (Phi) is 6.35. The van der Waals surface area contributed by atoms with Gasteiger partial charge in [-0.15, -0.1) is 0 Å². The molecule has 1 rings (SSSR count). The van der Waals surface area contributed by atoms with Crippen LogP contribution in [0.2, 0.25) is 0 Å². The largest absolute Gasteiger partial charge is 0.380 e. The first-order valence-electron chi connectivity index (χ1n) is 5.88. The highest BCUT2D eigenvalue weighted by Gasteiger charge is 2.28. The monoisotopic (exact) mass is 266 g/mol. The van der Waals surface area contributed by atoms with E-state index in [9.17, 15) is 8.42 Å². The number of piperidine rings is 1. The maximum absolute atomic E-state index is 12.0. The summed E-state index contributed by atoms with van der Waals surface area (Å²) in [4.78, 5) is 0. The number of rotatable bonds is 7. The predicted octanol–water partition coefficient (Wildman–Crippen LogP) is -0.598. The van der Waals surface area contributed by atoms with Crippen LogP contribution in [0, 0.1) is 0 Å². The van der Waals surface area contributed by atoms with Crippen molar-refractivity contribution in [2.75, 3.05) is 45.7 Å². The summed E-state index contributed by atoms with van der Waals surface area (Å²) < 4.78 is 35.7. The molecule has 1 saturated heterocycles. The van der Waals surface area contributed by atoms with Crippen molar-refractivity contribution in [3.8, 4) is 0 Å². The fourth-order valence-corrected chi connectivity index (χ4v) is 3.22. The number of ether oxygens (including phenoxy) is 2. The fraction of sp³-hybridized carbons (Fsp3) is 1.00. The minimum Gasteiger partial charge on any atom is -0.380 e. The van der Waals surface area contributed by atoms with Crippen LogP contribution >= 0.6 is 0 Å². The molecule has 17 heavy (non-hydrogen) atoms. The van der Waals surface area contributed by atoms with E-state index in [4.69, 9.17) is 15.2 Å². The molecule has 1 aliphatic heterocycles. The Bertz CT molecular complexity index is 307. The van der Waals surface area contributed by atoms with Crippen molar-refractivity contribution in [1.29, 1.82) is 0 Å². The van der Waals surface area contributed by atoms with Crippen LogP contribution in [0.1, 0.15) is 12.8 Å². The molecule has 1 unspecified atom stereocenters. The quantitative estimate of drug-likeness (QED) is 0.622. The molecule has 6 nitrogen and oxygen atoms in total. The molecule has 7 heteroatoms. The van der Waals surface area contributed by atoms with E-state index in [2.05, 4.69) is 0 Å². The lowest BCUT2D eigenvalue weighted by molar-refractivity contribution is 0.0568. The summed E-state index contributed by atoms with van der Waals surface area (Å²) in [6.45, 7) is 2.05. The zero-order chi connectivity index (χ0) is 12.7. The molecular formula is C10H22N2O4S. The van der Waals surface area contributed by atoms with Crippen molar-refractivity contribution in [3.05, 3.63) is 0 Å². The van der Waals surface area contributed by atoms with Gasteiger partial charge in [0.25, 0.3) is 0 Å². The number of nitrogens with two attached hydrogens (primary N) is 1. The molecule has 0 spiro atoms. The van der Waals surface area contributed by atoms with Gasteiger partial charge in [0, 0.05) is 26.7 Å². The first-order valence-corrected chi connectivity index (χ1v) is 7.49. The molecule has 1 atom stereocenters. The first-order chi connectivity index (χ1) is 8.10. The molecular weight excluding hydrogens is 244 g/mol. The van der Waals surface area contributed by atoms with Crippen LogP contribution in [0.25, 0.3) is 0 Å². The van der Waals surface area contributed by atoms with Gasteiger partial charge in [-0.3, -0.25) is 0 Å². The van der Waals surface area contributed by atoms with Gasteiger partial charge in [-0.05, 0) is 12.8 Å². The first kappa shape index (κ1) is 14.8. The molecule has 0 aromatic rings. The summed E-state index contributed by atoms with van der Waals surface area (Å²) in [6.07, 6.45) is 1.79. The lowest BCUT2D eigenvalue weighted by Crippen LogP contribution is -2.44. The van der Waals surface area contributed by atoms with Gasteiger partial charge in [-0.25, -0.2) is 8.42 Å². The minimum atomic E-state index is -3.22. The molecule has 0 bridgehead atoms. The number of hydrogen-bond donors (Lipinski definition) is 1. The third kappa shape index (κ3) is 4.89. The van der Waals surface area contributed by atoms with Crippen molar-refractivity contribution in [2.24, 2.45) is 5.73 Å². The Morgan fingerprint density at radius 3 is 2.82 bits per heavy atom. The standard InChI is InChI=1S/C10H22N2O4S/c1-15-10-3-2-5-12(9-10)17(13,14)8-7-16-6-4-11/h10H,2-9,11H2,1H3. The highest BCUT2D eigenvalue weighted by atomic mass is 32.2. The molecule has 2 N–H and O–H groups in total. The van der Waals surface area contributed by atoms with Crippen molar-refractivity contribution >= 4 is 10.0 Å². The molecule has 1 aliphatic rings. The molecule has 0 amide bonds. The van der Waals surface area contributed by atoms with Gasteiger partial charge >= 0.3 is 0 Å². The van der Waals surface area contributed by atoms with Gasteiger partial charge in [0.2, 0.25) is 10.0 Å². The zero-order valence-corrected chi connectivity index (χ0v) is 11.1. The van der Waals surface area contributed by atoms with E-state index in [1.54, 1.807) is 7.11 Å². The number of sulfonamides is 1. The molecule has 102 valence electrons. The van der Waals surface area contributed by atoms with Crippen molar-refractivity contribution in [1.82, 2.24) is 4.31 Å². The maximum Gasteiger partial charge on any atom is 0.216 e. The van der Waals surface area contributed by atoms with Crippen molar-refractivity contribution < 1.29 is 17.9 Å². The Labute approximate surface area is 103 Å². The average Bonchev–Trinajstić information content (AvgIpc) is 2.35. The molecule has 0 aliphatic carbocycles. The summed E-state index contributed by atoms with van der Waals surface area (Å²) >= 11 is 0. The molecule has 0 saturated carbocycles. The van der Waals surface area contributed by atoms with E-state index in [1.165, 1.54) is 4.31 Å². The zero-order valence-electron chi connectivity index (χ0n) is 10.3. The highest BCUT2D eigenvalue weighted by Crippen LogP contribution is 2.16. The summed E-state index contributed by atoms with van der Waals surface area (Å²) in [5.41, 5.74) is 5.26. The molecule has 1 fully saturated rings. The Hall–Kier alpha value is -0.210. The molecule has 1 heterocycles. The lowest BCUT2D eigenvalue weighted by atomic mass is 10.1. The van der Waals surface area contributed by atoms with E-state index < -0.39 is 10.0 Å². The molecule has 0 aromatic heterocycles. The number of hydrogen-bond acceptors (Lipinski definition) is 5. The smallest absolute Gasteiger partial charge is 0.216 e. The van der Waals surface area contributed by atoms with E-state index >= 15 is 0 Å². The highest BCUT2D eigenvalue weighted by molar-refractivity contribution is 7.89. The van der Waals surface area contributed by atoms with E-state index in [0.29, 0.717) is 26.2 Å². The van der Waals surface area contributed by atoms with Crippen LogP contribution in [0.15, 0.2) is 0 Å². The lowest BCUT2D eigenvalue weighted by Gasteiger charge is -2.31. The third-order valence-corrected chi connectivity index (χ3v) is 4.62. The van der Waals surface area contributed by atoms with E-state index in [0.717, 1.165) is 12.8 Å². The van der Waals surface area contributed by atoms with Crippen molar-refractivity contribution in [3.63, 3.8) is 0 Å². The summed E-state index contributed by atoms with van der Waals surface area (Å²) in [7, 11) is -1.60. The van der Waals surface area contributed by atoms with Gasteiger partial charge in [0.15, 0.2) is 0 Å². The second kappa shape index (κ2) is 7.27. The summed E-state index contributed by atoms with van der Waals surface area (Å²) in [6, 6.07) is 0. The van der Waals surface area contributed by atoms with Crippen LogP contribution < -0.4 is 5.73 Å². The third-order valence-electron chi connectivity index (χ3n) is 2.82. The van der Waals surface area contributed by atoms with Gasteiger partial charge in [0.05, 0.1) is 25.1 Å². The summed E-state index contributed by atoms with van der Waals surface area (Å²) in [5.74, 6) is 0.0173. The topological polar surface area (TPSA) is 81.9 Å². The van der Waals surface area contributed by atoms with Gasteiger partial charge < -0.3 is 15.2 Å². The SMILES string of the molecule is COC1CCCN(S(=O)(=O)CCOCCN)C1. The van der Waals surface area contributed by atoms with Gasteiger partial charge in [0.1, 0.15) is 0 Å². The Morgan fingerprint density at radius 1 is 1.41 bits per heavy atom. The second-order valence-corrected chi connectivity index (χ2v) is 6.16. The van der Waals surface area contributed by atoms with Crippen LogP contribution in [0.3, 0.4) is 0 Å². The van der Waals surface area contributed by atoms with E-state index in [1.807, 2.05) is 0 Å². The predicted molar refractivity (Wildman–Crippen MR) is 65.3 cm³/mol. The Morgan fingerprint density at radius 2 is 2.18 bits per heavy atom. The van der Waals surface area contributed by atoms with Gasteiger partial charge in [-0.1, -0.05) is 0 Å². The number of methoxy groups -OCH3 is 1.